The van der Waals surface area contributed by atoms with E-state index in [-0.39, 0.29) is 0 Å². The number of aryl methyl sites for hydroxylation is 1. The second-order valence-electron chi connectivity index (χ2n) is 4.36. The number of carbonyl (C=O) groups excluding carboxylic acids is 1. The molecule has 0 aromatic carbocycles. The summed E-state index contributed by atoms with van der Waals surface area (Å²) in [5.41, 5.74) is 0.436. The monoisotopic (exact) mass is 252 g/mol. The highest BCUT2D eigenvalue weighted by atomic mass is 16.5. The molecule has 5 nitrogen and oxygen atoms in total. The summed E-state index contributed by atoms with van der Waals surface area (Å²) in [5, 5.41) is 0. The van der Waals surface area contributed by atoms with Gasteiger partial charge in [0.05, 0.1) is 17.9 Å². The van der Waals surface area contributed by atoms with Gasteiger partial charge >= 0.3 is 5.97 Å². The van der Waals surface area contributed by atoms with Gasteiger partial charge in [0, 0.05) is 12.8 Å². The number of esters is 1. The molecule has 0 aliphatic rings. The normalized spacial score (nSPS) is 11.4. The van der Waals surface area contributed by atoms with Crippen LogP contribution in [0.1, 0.15) is 49.6 Å². The average Bonchev–Trinajstić information content (AvgIpc) is 2.29. The van der Waals surface area contributed by atoms with E-state index in [0.29, 0.717) is 30.3 Å². The van der Waals surface area contributed by atoms with Crippen LogP contribution in [0.2, 0.25) is 0 Å². The van der Waals surface area contributed by atoms with E-state index in [4.69, 9.17) is 9.47 Å². The molecule has 5 heteroatoms. The highest BCUT2D eigenvalue weighted by molar-refractivity contribution is 5.90. The van der Waals surface area contributed by atoms with Crippen LogP contribution in [0.3, 0.4) is 0 Å². The predicted molar refractivity (Wildman–Crippen MR) is 67.4 cm³/mol. The summed E-state index contributed by atoms with van der Waals surface area (Å²) in [5.74, 6) is 0.172. The summed E-state index contributed by atoms with van der Waals surface area (Å²) < 4.78 is 10.5. The number of carbonyl (C=O) groups is 1. The lowest BCUT2D eigenvalue weighted by Crippen LogP contribution is -2.25. The average molecular weight is 252 g/mol. The molecular weight excluding hydrogens is 232 g/mol. The Labute approximate surface area is 108 Å². The van der Waals surface area contributed by atoms with Gasteiger partial charge in [-0.15, -0.1) is 0 Å². The molecule has 0 saturated heterocycles. The molecule has 0 N–H and O–H groups in total. The van der Waals surface area contributed by atoms with E-state index in [0.717, 1.165) is 0 Å². The van der Waals surface area contributed by atoms with Crippen LogP contribution >= 0.6 is 0 Å². The quantitative estimate of drug-likeness (QED) is 0.752. The summed E-state index contributed by atoms with van der Waals surface area (Å²) in [6.45, 7) is 10.2. The molecule has 1 rings (SSSR count). The molecule has 1 heterocycles. The van der Waals surface area contributed by atoms with Gasteiger partial charge in [-0.1, -0.05) is 0 Å². The van der Waals surface area contributed by atoms with Crippen molar-refractivity contribution in [3.8, 4) is 0 Å². The van der Waals surface area contributed by atoms with Gasteiger partial charge in [0.25, 0.3) is 0 Å². The molecule has 0 amide bonds. The SMILES string of the molecule is CCOC(=O)c1cnc(C(C)(C)OCC)nc1C. The summed E-state index contributed by atoms with van der Waals surface area (Å²) >= 11 is 0. The maximum Gasteiger partial charge on any atom is 0.341 e. The summed E-state index contributed by atoms with van der Waals surface area (Å²) in [6, 6.07) is 0. The van der Waals surface area contributed by atoms with Gasteiger partial charge < -0.3 is 9.47 Å². The molecule has 0 saturated carbocycles. The molecule has 0 fully saturated rings. The van der Waals surface area contributed by atoms with Crippen LogP contribution in [0.25, 0.3) is 0 Å². The predicted octanol–water partition coefficient (Wildman–Crippen LogP) is 2.23. The van der Waals surface area contributed by atoms with Crippen LogP contribution < -0.4 is 0 Å². The summed E-state index contributed by atoms with van der Waals surface area (Å²) in [7, 11) is 0. The van der Waals surface area contributed by atoms with Crippen molar-refractivity contribution in [3.63, 3.8) is 0 Å². The maximum atomic E-state index is 11.6. The Morgan fingerprint density at radius 2 is 2.00 bits per heavy atom. The standard InChI is InChI=1S/C13H20N2O3/c1-6-17-11(16)10-8-14-12(15-9(10)3)13(4,5)18-7-2/h8H,6-7H2,1-5H3. The lowest BCUT2D eigenvalue weighted by Gasteiger charge is -2.23. The lowest BCUT2D eigenvalue weighted by molar-refractivity contribution is -0.0210. The minimum atomic E-state index is -0.563. The molecule has 1 aromatic heterocycles. The van der Waals surface area contributed by atoms with Gasteiger partial charge in [-0.3, -0.25) is 0 Å². The van der Waals surface area contributed by atoms with Gasteiger partial charge in [-0.2, -0.15) is 0 Å². The zero-order chi connectivity index (χ0) is 13.8. The maximum absolute atomic E-state index is 11.6. The van der Waals surface area contributed by atoms with E-state index in [1.807, 2.05) is 20.8 Å². The Hall–Kier alpha value is -1.49. The zero-order valence-electron chi connectivity index (χ0n) is 11.6. The lowest BCUT2D eigenvalue weighted by atomic mass is 10.1. The second-order valence-corrected chi connectivity index (χ2v) is 4.36. The minimum absolute atomic E-state index is 0.338. The molecule has 1 aromatic rings. The molecule has 0 atom stereocenters. The number of ether oxygens (including phenoxy) is 2. The zero-order valence-corrected chi connectivity index (χ0v) is 11.6. The number of aromatic nitrogens is 2. The summed E-state index contributed by atoms with van der Waals surface area (Å²) in [6.07, 6.45) is 1.50. The topological polar surface area (TPSA) is 61.3 Å². The fraction of sp³-hybridized carbons (Fsp3) is 0.615. The van der Waals surface area contributed by atoms with Crippen LogP contribution in [-0.2, 0) is 15.1 Å². The molecule has 0 bridgehead atoms. The fourth-order valence-electron chi connectivity index (χ4n) is 1.59. The third kappa shape index (κ3) is 3.26. The number of hydrogen-bond donors (Lipinski definition) is 0. The van der Waals surface area contributed by atoms with Crippen LogP contribution in [0.15, 0.2) is 6.20 Å². The van der Waals surface area contributed by atoms with Crippen LogP contribution in [0, 0.1) is 6.92 Å². The van der Waals surface area contributed by atoms with Crippen molar-refractivity contribution in [1.82, 2.24) is 9.97 Å². The first-order valence-corrected chi connectivity index (χ1v) is 6.07. The molecule has 0 spiro atoms. The first-order valence-electron chi connectivity index (χ1n) is 6.07. The van der Waals surface area contributed by atoms with Crippen molar-refractivity contribution in [1.29, 1.82) is 0 Å². The van der Waals surface area contributed by atoms with Crippen LogP contribution in [-0.4, -0.2) is 29.2 Å². The Bertz CT molecular complexity index is 430. The fourth-order valence-corrected chi connectivity index (χ4v) is 1.59. The number of hydrogen-bond acceptors (Lipinski definition) is 5. The second kappa shape index (κ2) is 5.91. The Balaban J connectivity index is 3.02. The Morgan fingerprint density at radius 1 is 1.33 bits per heavy atom. The van der Waals surface area contributed by atoms with Gasteiger partial charge in [0.15, 0.2) is 5.82 Å². The van der Waals surface area contributed by atoms with E-state index < -0.39 is 11.6 Å². The molecule has 0 unspecified atom stereocenters. The highest BCUT2D eigenvalue weighted by Gasteiger charge is 2.25. The third-order valence-corrected chi connectivity index (χ3v) is 2.52. The van der Waals surface area contributed by atoms with Gasteiger partial charge in [-0.25, -0.2) is 14.8 Å². The molecular formula is C13H20N2O3. The molecule has 18 heavy (non-hydrogen) atoms. The molecule has 0 radical (unpaired) electrons. The highest BCUT2D eigenvalue weighted by Crippen LogP contribution is 2.21. The Kier molecular flexibility index (Phi) is 4.78. The van der Waals surface area contributed by atoms with Crippen molar-refractivity contribution in [2.45, 2.75) is 40.2 Å². The van der Waals surface area contributed by atoms with Gasteiger partial charge in [0.1, 0.15) is 5.60 Å². The van der Waals surface area contributed by atoms with Crippen LogP contribution in [0.4, 0.5) is 0 Å². The van der Waals surface area contributed by atoms with E-state index in [9.17, 15) is 4.79 Å². The third-order valence-electron chi connectivity index (χ3n) is 2.52. The van der Waals surface area contributed by atoms with E-state index >= 15 is 0 Å². The van der Waals surface area contributed by atoms with Gasteiger partial charge in [0.2, 0.25) is 0 Å². The first-order chi connectivity index (χ1) is 8.42. The van der Waals surface area contributed by atoms with E-state index in [2.05, 4.69) is 9.97 Å². The summed E-state index contributed by atoms with van der Waals surface area (Å²) in [4.78, 5) is 20.1. The number of rotatable bonds is 5. The minimum Gasteiger partial charge on any atom is -0.462 e. The smallest absolute Gasteiger partial charge is 0.341 e. The van der Waals surface area contributed by atoms with Crippen molar-refractivity contribution in [2.24, 2.45) is 0 Å². The van der Waals surface area contributed by atoms with Gasteiger partial charge in [-0.05, 0) is 34.6 Å². The molecule has 100 valence electrons. The van der Waals surface area contributed by atoms with Crippen molar-refractivity contribution < 1.29 is 14.3 Å². The van der Waals surface area contributed by atoms with E-state index in [1.165, 1.54) is 6.20 Å². The van der Waals surface area contributed by atoms with Crippen molar-refractivity contribution >= 4 is 5.97 Å². The largest absolute Gasteiger partial charge is 0.462 e. The first kappa shape index (κ1) is 14.6. The van der Waals surface area contributed by atoms with Crippen molar-refractivity contribution in [2.75, 3.05) is 13.2 Å². The van der Waals surface area contributed by atoms with E-state index in [1.54, 1.807) is 13.8 Å². The van der Waals surface area contributed by atoms with Crippen LogP contribution in [0.5, 0.6) is 0 Å². The molecule has 0 aliphatic carbocycles. The van der Waals surface area contributed by atoms with Crippen molar-refractivity contribution in [3.05, 3.63) is 23.3 Å². The molecule has 0 aliphatic heterocycles. The number of nitrogens with zero attached hydrogens (tertiary/aromatic N) is 2. The Morgan fingerprint density at radius 3 is 2.50 bits per heavy atom.